The zero-order chi connectivity index (χ0) is 19.2. The Morgan fingerprint density at radius 2 is 1.85 bits per heavy atom. The van der Waals surface area contributed by atoms with Gasteiger partial charge in [-0.2, -0.15) is 0 Å². The van der Waals surface area contributed by atoms with Gasteiger partial charge in [0.2, 0.25) is 0 Å². The molecule has 1 unspecified atom stereocenters. The fourth-order valence-electron chi connectivity index (χ4n) is 2.75. The van der Waals surface area contributed by atoms with Gasteiger partial charge < -0.3 is 25.7 Å². The van der Waals surface area contributed by atoms with E-state index in [0.29, 0.717) is 29.2 Å². The third-order valence-electron chi connectivity index (χ3n) is 4.25. The van der Waals surface area contributed by atoms with Crippen LogP contribution >= 0.6 is 0 Å². The van der Waals surface area contributed by atoms with Gasteiger partial charge in [-0.25, -0.2) is 4.79 Å². The first kappa shape index (κ1) is 18.7. The molecule has 8 heteroatoms. The van der Waals surface area contributed by atoms with Crippen LogP contribution in [0.1, 0.15) is 40.6 Å². The third-order valence-corrected chi connectivity index (χ3v) is 4.25. The normalized spacial score (nSPS) is 16.0. The molecule has 1 atom stereocenters. The highest BCUT2D eigenvalue weighted by Crippen LogP contribution is 2.15. The molecule has 142 valence electrons. The van der Waals surface area contributed by atoms with Crippen LogP contribution in [0, 0.1) is 0 Å². The minimum absolute atomic E-state index is 0.0878. The Morgan fingerprint density at radius 1 is 1.15 bits per heavy atom. The van der Waals surface area contributed by atoms with Crippen LogP contribution in [0.2, 0.25) is 0 Å². The maximum absolute atomic E-state index is 12.2. The number of ether oxygens (including phenoxy) is 1. The lowest BCUT2D eigenvalue weighted by Gasteiger charge is -2.12. The van der Waals surface area contributed by atoms with Gasteiger partial charge in [0.15, 0.2) is 5.78 Å². The lowest BCUT2D eigenvalue weighted by Crippen LogP contribution is -2.35. The van der Waals surface area contributed by atoms with Gasteiger partial charge in [-0.1, -0.05) is 0 Å². The van der Waals surface area contributed by atoms with Gasteiger partial charge in [0.1, 0.15) is 5.69 Å². The number of aromatic amines is 1. The van der Waals surface area contributed by atoms with Gasteiger partial charge in [-0.15, -0.1) is 0 Å². The summed E-state index contributed by atoms with van der Waals surface area (Å²) in [4.78, 5) is 38.1. The number of carbonyl (C=O) groups excluding carboxylic acids is 3. The van der Waals surface area contributed by atoms with Crippen molar-refractivity contribution in [2.24, 2.45) is 0 Å². The zero-order valence-electron chi connectivity index (χ0n) is 15.0. The molecule has 3 amide bonds. The van der Waals surface area contributed by atoms with E-state index in [1.54, 1.807) is 24.3 Å². The molecule has 3 rings (SSSR count). The fraction of sp³-hybridized carbons (Fsp3) is 0.316. The van der Waals surface area contributed by atoms with Crippen molar-refractivity contribution in [2.45, 2.75) is 25.9 Å². The van der Waals surface area contributed by atoms with Crippen LogP contribution in [0.15, 0.2) is 36.5 Å². The van der Waals surface area contributed by atoms with E-state index in [1.165, 1.54) is 19.2 Å². The Labute approximate surface area is 156 Å². The van der Waals surface area contributed by atoms with Crippen LogP contribution in [0.4, 0.5) is 16.2 Å². The summed E-state index contributed by atoms with van der Waals surface area (Å²) in [6.07, 6.45) is 3.58. The maximum Gasteiger partial charge on any atom is 0.319 e. The molecule has 0 aliphatic carbocycles. The number of hydrogen-bond acceptors (Lipinski definition) is 4. The van der Waals surface area contributed by atoms with E-state index in [1.807, 2.05) is 0 Å². The smallest absolute Gasteiger partial charge is 0.319 e. The van der Waals surface area contributed by atoms with Crippen molar-refractivity contribution in [1.29, 1.82) is 0 Å². The minimum atomic E-state index is -0.350. The van der Waals surface area contributed by atoms with E-state index in [9.17, 15) is 14.4 Å². The van der Waals surface area contributed by atoms with Crippen LogP contribution in [0.25, 0.3) is 0 Å². The second-order valence-electron chi connectivity index (χ2n) is 6.36. The van der Waals surface area contributed by atoms with Crippen molar-refractivity contribution in [3.8, 4) is 0 Å². The average molecular weight is 370 g/mol. The summed E-state index contributed by atoms with van der Waals surface area (Å²) in [7, 11) is 0. The molecule has 0 bridgehead atoms. The Balaban J connectivity index is 1.49. The number of nitrogens with one attached hydrogen (secondary N) is 4. The van der Waals surface area contributed by atoms with E-state index in [-0.39, 0.29) is 23.8 Å². The Hall–Kier alpha value is -3.13. The van der Waals surface area contributed by atoms with Crippen LogP contribution in [-0.4, -0.2) is 42.0 Å². The second-order valence-corrected chi connectivity index (χ2v) is 6.36. The molecule has 1 fully saturated rings. The Morgan fingerprint density at radius 3 is 2.44 bits per heavy atom. The summed E-state index contributed by atoms with van der Waals surface area (Å²) in [6, 6.07) is 7.95. The van der Waals surface area contributed by atoms with Gasteiger partial charge in [0.05, 0.1) is 6.10 Å². The maximum atomic E-state index is 12.2. The Kier molecular flexibility index (Phi) is 5.87. The molecule has 2 heterocycles. The predicted octanol–water partition coefficient (Wildman–Crippen LogP) is 2.77. The van der Waals surface area contributed by atoms with E-state index in [4.69, 9.17) is 4.74 Å². The van der Waals surface area contributed by atoms with Crippen molar-refractivity contribution in [2.75, 3.05) is 23.8 Å². The van der Waals surface area contributed by atoms with Gasteiger partial charge in [0, 0.05) is 36.3 Å². The monoisotopic (exact) mass is 370 g/mol. The number of carbonyl (C=O) groups is 3. The van der Waals surface area contributed by atoms with Crippen LogP contribution in [-0.2, 0) is 4.74 Å². The summed E-state index contributed by atoms with van der Waals surface area (Å²) >= 11 is 0. The number of benzene rings is 1. The number of ketones is 1. The second kappa shape index (κ2) is 8.50. The number of aromatic nitrogens is 1. The van der Waals surface area contributed by atoms with Crippen LogP contribution < -0.4 is 16.0 Å². The van der Waals surface area contributed by atoms with Gasteiger partial charge in [-0.05, 0) is 50.1 Å². The first-order valence-electron chi connectivity index (χ1n) is 8.78. The van der Waals surface area contributed by atoms with Crippen molar-refractivity contribution >= 4 is 29.1 Å². The van der Waals surface area contributed by atoms with E-state index in [0.717, 1.165) is 19.4 Å². The topological polar surface area (TPSA) is 112 Å². The van der Waals surface area contributed by atoms with Gasteiger partial charge >= 0.3 is 6.03 Å². The van der Waals surface area contributed by atoms with Crippen LogP contribution in [0.3, 0.4) is 0 Å². The SMILES string of the molecule is CC(=O)c1c[nH]c(C(=O)Nc2ccc(NC(=O)NCC3CCCO3)cc2)c1. The Bertz CT molecular complexity index is 822. The van der Waals surface area contributed by atoms with Crippen molar-refractivity contribution in [1.82, 2.24) is 10.3 Å². The molecule has 2 aromatic rings. The summed E-state index contributed by atoms with van der Waals surface area (Å²) in [5.41, 5.74) is 1.94. The largest absolute Gasteiger partial charge is 0.376 e. The van der Waals surface area contributed by atoms with Crippen LogP contribution in [0.5, 0.6) is 0 Å². The summed E-state index contributed by atoms with van der Waals surface area (Å²) in [5, 5.41) is 8.24. The highest BCUT2D eigenvalue weighted by molar-refractivity contribution is 6.05. The zero-order valence-corrected chi connectivity index (χ0v) is 15.0. The van der Waals surface area contributed by atoms with Crippen molar-refractivity contribution < 1.29 is 19.1 Å². The van der Waals surface area contributed by atoms with E-state index in [2.05, 4.69) is 20.9 Å². The molecule has 0 spiro atoms. The van der Waals surface area contributed by atoms with Gasteiger partial charge in [-0.3, -0.25) is 9.59 Å². The highest BCUT2D eigenvalue weighted by Gasteiger charge is 2.16. The number of urea groups is 1. The molecular formula is C19H22N4O4. The molecule has 1 aromatic heterocycles. The molecule has 1 aliphatic rings. The average Bonchev–Trinajstić information content (AvgIpc) is 3.33. The molecule has 4 N–H and O–H groups in total. The number of hydrogen-bond donors (Lipinski definition) is 4. The molecule has 1 saturated heterocycles. The van der Waals surface area contributed by atoms with E-state index >= 15 is 0 Å². The standard InChI is InChI=1S/C19H22N4O4/c1-12(24)13-9-17(20-10-13)18(25)22-14-4-6-15(7-5-14)23-19(26)21-11-16-3-2-8-27-16/h4-7,9-10,16,20H,2-3,8,11H2,1H3,(H,22,25)(H2,21,23,26). The third kappa shape index (κ3) is 5.18. The first-order valence-corrected chi connectivity index (χ1v) is 8.78. The molecule has 0 radical (unpaired) electrons. The number of amides is 3. The molecule has 0 saturated carbocycles. The number of H-pyrrole nitrogens is 1. The first-order chi connectivity index (χ1) is 13.0. The number of Topliss-reactive ketones (excluding diaryl/α,β-unsaturated/α-hetero) is 1. The minimum Gasteiger partial charge on any atom is -0.376 e. The molecule has 1 aliphatic heterocycles. The van der Waals surface area contributed by atoms with E-state index < -0.39 is 0 Å². The highest BCUT2D eigenvalue weighted by atomic mass is 16.5. The lowest BCUT2D eigenvalue weighted by molar-refractivity contribution is 0.101. The van der Waals surface area contributed by atoms with Crippen molar-refractivity contribution in [3.05, 3.63) is 47.8 Å². The summed E-state index contributed by atoms with van der Waals surface area (Å²) in [6.45, 7) is 2.67. The number of rotatable bonds is 6. The predicted molar refractivity (Wildman–Crippen MR) is 101 cm³/mol. The van der Waals surface area contributed by atoms with Crippen molar-refractivity contribution in [3.63, 3.8) is 0 Å². The quantitative estimate of drug-likeness (QED) is 0.586. The summed E-state index contributed by atoms with van der Waals surface area (Å²) < 4.78 is 5.45. The lowest BCUT2D eigenvalue weighted by atomic mass is 10.2. The molecule has 27 heavy (non-hydrogen) atoms. The fourth-order valence-corrected chi connectivity index (χ4v) is 2.75. The van der Waals surface area contributed by atoms with Gasteiger partial charge in [0.25, 0.3) is 5.91 Å². The molecular weight excluding hydrogens is 348 g/mol. The molecule has 1 aromatic carbocycles. The summed E-state index contributed by atoms with van der Waals surface area (Å²) in [5.74, 6) is -0.462. The molecule has 8 nitrogen and oxygen atoms in total. The number of anilines is 2.